The van der Waals surface area contributed by atoms with E-state index in [-0.39, 0.29) is 5.17 Å². The minimum absolute atomic E-state index is 0.262. The first kappa shape index (κ1) is 9.64. The number of hydrogen-bond acceptors (Lipinski definition) is 4. The van der Waals surface area contributed by atoms with Crippen molar-refractivity contribution in [3.8, 4) is 0 Å². The van der Waals surface area contributed by atoms with E-state index >= 15 is 0 Å². The van der Waals surface area contributed by atoms with Gasteiger partial charge in [0.2, 0.25) is 0 Å². The molecule has 0 atom stereocenters. The fourth-order valence-electron chi connectivity index (χ4n) is 0.691. The zero-order valence-corrected chi connectivity index (χ0v) is 8.32. The predicted molar refractivity (Wildman–Crippen MR) is 50.5 cm³/mol. The first-order chi connectivity index (χ1) is 5.59. The third kappa shape index (κ3) is 2.55. The van der Waals surface area contributed by atoms with Gasteiger partial charge in [0.1, 0.15) is 0 Å². The number of halogens is 2. The Morgan fingerprint density at radius 1 is 1.58 bits per heavy atom. The topological polar surface area (TPSA) is 39.7 Å². The Hall–Kier alpha value is -0.450. The maximum atomic E-state index is 5.72. The summed E-state index contributed by atoms with van der Waals surface area (Å²) in [5.74, 6) is 0. The van der Waals surface area contributed by atoms with Gasteiger partial charge in [-0.05, 0) is 13.8 Å². The molecule has 0 saturated carbocycles. The monoisotopic (exact) mass is 208 g/mol. The molecule has 0 aromatic rings. The zero-order chi connectivity index (χ0) is 9.14. The SMILES string of the molecule is CC(C)NN1C=C(Cl)C(Cl)=NN1. The molecule has 0 spiro atoms. The molecule has 0 bridgehead atoms. The molecule has 0 aliphatic carbocycles. The summed E-state index contributed by atoms with van der Waals surface area (Å²) in [4.78, 5) is 0. The third-order valence-electron chi connectivity index (χ3n) is 1.09. The lowest BCUT2D eigenvalue weighted by Crippen LogP contribution is -2.47. The molecule has 1 heterocycles. The van der Waals surface area contributed by atoms with Crippen LogP contribution in [0.4, 0.5) is 0 Å². The van der Waals surface area contributed by atoms with E-state index in [0.717, 1.165) is 0 Å². The van der Waals surface area contributed by atoms with Crippen molar-refractivity contribution < 1.29 is 0 Å². The highest BCUT2D eigenvalue weighted by Crippen LogP contribution is 2.11. The summed E-state index contributed by atoms with van der Waals surface area (Å²) in [6, 6.07) is 0.297. The first-order valence-electron chi connectivity index (χ1n) is 3.51. The molecule has 12 heavy (non-hydrogen) atoms. The molecule has 0 aromatic heterocycles. The van der Waals surface area contributed by atoms with Crippen LogP contribution < -0.4 is 11.0 Å². The Kier molecular flexibility index (Phi) is 3.20. The van der Waals surface area contributed by atoms with Gasteiger partial charge in [-0.3, -0.25) is 0 Å². The molecular formula is C6H10Cl2N4. The summed E-state index contributed by atoms with van der Waals surface area (Å²) in [7, 11) is 0. The van der Waals surface area contributed by atoms with Gasteiger partial charge in [-0.1, -0.05) is 23.2 Å². The lowest BCUT2D eigenvalue weighted by molar-refractivity contribution is 0.167. The average molecular weight is 209 g/mol. The summed E-state index contributed by atoms with van der Waals surface area (Å²) in [6.07, 6.45) is 1.62. The van der Waals surface area contributed by atoms with E-state index in [0.29, 0.717) is 11.1 Å². The maximum Gasteiger partial charge on any atom is 0.171 e. The molecule has 1 rings (SSSR count). The highest BCUT2D eigenvalue weighted by atomic mass is 35.5. The van der Waals surface area contributed by atoms with Crippen molar-refractivity contribution in [2.75, 3.05) is 0 Å². The van der Waals surface area contributed by atoms with Gasteiger partial charge >= 0.3 is 0 Å². The summed E-state index contributed by atoms with van der Waals surface area (Å²) < 4.78 is 0. The maximum absolute atomic E-state index is 5.72. The van der Waals surface area contributed by atoms with E-state index in [1.165, 1.54) is 0 Å². The quantitative estimate of drug-likeness (QED) is 0.721. The molecule has 0 fully saturated rings. The normalized spacial score (nSPS) is 17.2. The number of allylic oxidation sites excluding steroid dienone is 1. The van der Waals surface area contributed by atoms with Crippen molar-refractivity contribution in [3.05, 3.63) is 11.2 Å². The van der Waals surface area contributed by atoms with Gasteiger partial charge in [0.05, 0.1) is 11.2 Å². The third-order valence-corrected chi connectivity index (χ3v) is 1.75. The van der Waals surface area contributed by atoms with Crippen molar-refractivity contribution in [3.63, 3.8) is 0 Å². The molecule has 68 valence electrons. The Morgan fingerprint density at radius 3 is 2.75 bits per heavy atom. The van der Waals surface area contributed by atoms with Crippen LogP contribution in [-0.4, -0.2) is 16.3 Å². The van der Waals surface area contributed by atoms with Crippen LogP contribution in [0.15, 0.2) is 16.3 Å². The van der Waals surface area contributed by atoms with Crippen LogP contribution in [0.1, 0.15) is 13.8 Å². The zero-order valence-electron chi connectivity index (χ0n) is 6.81. The second kappa shape index (κ2) is 3.98. The van der Waals surface area contributed by atoms with Crippen LogP contribution in [-0.2, 0) is 0 Å². The number of nitrogens with zero attached hydrogens (tertiary/aromatic N) is 2. The van der Waals surface area contributed by atoms with Crippen molar-refractivity contribution in [1.82, 2.24) is 16.1 Å². The summed E-state index contributed by atoms with van der Waals surface area (Å²) in [5.41, 5.74) is 5.68. The van der Waals surface area contributed by atoms with Crippen LogP contribution in [0.2, 0.25) is 0 Å². The standard InChI is InChI=1S/C6H10Cl2N4/c1-4(2)10-12-3-5(7)6(8)9-11-12/h3-4,10-11H,1-2H3. The number of rotatable bonds is 2. The first-order valence-corrected chi connectivity index (χ1v) is 4.27. The predicted octanol–water partition coefficient (Wildman–Crippen LogP) is 1.35. The van der Waals surface area contributed by atoms with Gasteiger partial charge in [0.15, 0.2) is 5.17 Å². The van der Waals surface area contributed by atoms with Gasteiger partial charge in [0, 0.05) is 6.04 Å². The summed E-state index contributed by atoms with van der Waals surface area (Å²) >= 11 is 11.3. The Bertz CT molecular complexity index is 224. The van der Waals surface area contributed by atoms with E-state index in [9.17, 15) is 0 Å². The van der Waals surface area contributed by atoms with Crippen molar-refractivity contribution in [1.29, 1.82) is 0 Å². The minimum atomic E-state index is 0.262. The summed E-state index contributed by atoms with van der Waals surface area (Å²) in [6.45, 7) is 4.01. The van der Waals surface area contributed by atoms with Crippen molar-refractivity contribution in [2.24, 2.45) is 5.10 Å². The smallest absolute Gasteiger partial charge is 0.171 e. The molecule has 2 N–H and O–H groups in total. The molecule has 0 unspecified atom stereocenters. The fraction of sp³-hybridized carbons (Fsp3) is 0.500. The van der Waals surface area contributed by atoms with Gasteiger partial charge in [-0.15, -0.1) is 5.10 Å². The Morgan fingerprint density at radius 2 is 2.25 bits per heavy atom. The van der Waals surface area contributed by atoms with Gasteiger partial charge in [0.25, 0.3) is 0 Å². The molecule has 0 radical (unpaired) electrons. The minimum Gasteiger partial charge on any atom is -0.212 e. The molecule has 0 aromatic carbocycles. The van der Waals surface area contributed by atoms with Gasteiger partial charge < -0.3 is 0 Å². The lowest BCUT2D eigenvalue weighted by atomic mass is 10.4. The molecule has 0 saturated heterocycles. The average Bonchev–Trinajstić information content (AvgIpc) is 1.96. The number of nitrogens with one attached hydrogen (secondary N) is 2. The Labute approximate surface area is 81.1 Å². The van der Waals surface area contributed by atoms with Crippen molar-refractivity contribution >= 4 is 28.4 Å². The van der Waals surface area contributed by atoms with E-state index < -0.39 is 0 Å². The van der Waals surface area contributed by atoms with Crippen LogP contribution in [0.25, 0.3) is 0 Å². The number of hydrazine groups is 2. The van der Waals surface area contributed by atoms with E-state index in [2.05, 4.69) is 16.1 Å². The van der Waals surface area contributed by atoms with E-state index in [1.807, 2.05) is 13.8 Å². The molecule has 0 amide bonds. The molecule has 1 aliphatic rings. The van der Waals surface area contributed by atoms with Crippen molar-refractivity contribution in [2.45, 2.75) is 19.9 Å². The summed E-state index contributed by atoms with van der Waals surface area (Å²) in [5, 5.41) is 5.96. The molecule has 1 aliphatic heterocycles. The molecular weight excluding hydrogens is 199 g/mol. The van der Waals surface area contributed by atoms with Crippen LogP contribution >= 0.6 is 23.2 Å². The Balaban J connectivity index is 2.53. The molecule has 4 nitrogen and oxygen atoms in total. The van der Waals surface area contributed by atoms with Crippen LogP contribution in [0.5, 0.6) is 0 Å². The van der Waals surface area contributed by atoms with Gasteiger partial charge in [-0.25, -0.2) is 16.1 Å². The van der Waals surface area contributed by atoms with E-state index in [1.54, 1.807) is 11.3 Å². The second-order valence-corrected chi connectivity index (χ2v) is 3.40. The number of hydrogen-bond donors (Lipinski definition) is 2. The fourth-order valence-corrected chi connectivity index (χ4v) is 0.917. The highest BCUT2D eigenvalue weighted by molar-refractivity contribution is 6.75. The lowest BCUT2D eigenvalue weighted by Gasteiger charge is -2.25. The number of hydrazone groups is 1. The molecule has 6 heteroatoms. The van der Waals surface area contributed by atoms with Crippen LogP contribution in [0, 0.1) is 0 Å². The largest absolute Gasteiger partial charge is 0.212 e. The highest BCUT2D eigenvalue weighted by Gasteiger charge is 2.10. The van der Waals surface area contributed by atoms with Gasteiger partial charge in [-0.2, -0.15) is 0 Å². The van der Waals surface area contributed by atoms with E-state index in [4.69, 9.17) is 23.2 Å². The van der Waals surface area contributed by atoms with Crippen LogP contribution in [0.3, 0.4) is 0 Å². The second-order valence-electron chi connectivity index (χ2n) is 2.63.